The number of carbonyl (C=O) groups is 1. The van der Waals surface area contributed by atoms with Crippen molar-refractivity contribution in [3.8, 4) is 0 Å². The van der Waals surface area contributed by atoms with Crippen molar-refractivity contribution in [2.75, 3.05) is 6.61 Å². The van der Waals surface area contributed by atoms with Crippen LogP contribution in [0, 0.1) is 11.6 Å². The Morgan fingerprint density at radius 3 is 2.60 bits per heavy atom. The summed E-state index contributed by atoms with van der Waals surface area (Å²) in [4.78, 5) is 13.0. The van der Waals surface area contributed by atoms with Crippen LogP contribution in [-0.2, 0) is 10.5 Å². The highest BCUT2D eigenvalue weighted by molar-refractivity contribution is 7.98. The summed E-state index contributed by atoms with van der Waals surface area (Å²) in [6, 6.07) is 15.9. The van der Waals surface area contributed by atoms with E-state index < -0.39 is 17.6 Å². The van der Waals surface area contributed by atoms with Gasteiger partial charge in [-0.05, 0) is 35.9 Å². The van der Waals surface area contributed by atoms with Crippen LogP contribution in [0.3, 0.4) is 0 Å². The molecule has 3 aromatic carbocycles. The molecule has 5 heteroatoms. The number of thioether (sulfide) groups is 1. The third-order valence-corrected chi connectivity index (χ3v) is 4.91. The van der Waals surface area contributed by atoms with E-state index in [0.717, 1.165) is 21.7 Å². The number of ether oxygens (including phenoxy) is 1. The van der Waals surface area contributed by atoms with Crippen molar-refractivity contribution in [3.05, 3.63) is 77.4 Å². The van der Waals surface area contributed by atoms with Crippen molar-refractivity contribution in [2.45, 2.75) is 17.6 Å². The lowest BCUT2D eigenvalue weighted by molar-refractivity contribution is 0.0524. The van der Waals surface area contributed by atoms with Crippen LogP contribution in [0.4, 0.5) is 8.78 Å². The Labute approximate surface area is 148 Å². The number of esters is 1. The summed E-state index contributed by atoms with van der Waals surface area (Å²) >= 11 is 1.36. The Morgan fingerprint density at radius 1 is 1.04 bits per heavy atom. The fraction of sp³-hybridized carbons (Fsp3) is 0.150. The molecule has 3 rings (SSSR count). The molecule has 0 saturated carbocycles. The summed E-state index contributed by atoms with van der Waals surface area (Å²) in [6.45, 7) is 1.84. The van der Waals surface area contributed by atoms with Gasteiger partial charge in [-0.15, -0.1) is 11.8 Å². The van der Waals surface area contributed by atoms with Gasteiger partial charge in [-0.2, -0.15) is 0 Å². The van der Waals surface area contributed by atoms with Crippen LogP contribution in [-0.4, -0.2) is 12.6 Å². The Kier molecular flexibility index (Phi) is 5.34. The zero-order valence-electron chi connectivity index (χ0n) is 13.6. The van der Waals surface area contributed by atoms with E-state index in [2.05, 4.69) is 0 Å². The highest BCUT2D eigenvalue weighted by atomic mass is 32.2. The second-order valence-corrected chi connectivity index (χ2v) is 6.39. The molecule has 0 aliphatic rings. The van der Waals surface area contributed by atoms with E-state index >= 15 is 0 Å². The summed E-state index contributed by atoms with van der Waals surface area (Å²) < 4.78 is 32.9. The molecule has 0 aliphatic carbocycles. The van der Waals surface area contributed by atoms with Crippen molar-refractivity contribution in [1.29, 1.82) is 0 Å². The molecule has 0 heterocycles. The van der Waals surface area contributed by atoms with E-state index in [9.17, 15) is 13.6 Å². The van der Waals surface area contributed by atoms with Crippen LogP contribution < -0.4 is 0 Å². The molecule has 3 aromatic rings. The van der Waals surface area contributed by atoms with Gasteiger partial charge in [0.15, 0.2) is 11.6 Å². The Hall–Kier alpha value is -2.40. The average Bonchev–Trinajstić information content (AvgIpc) is 2.63. The van der Waals surface area contributed by atoms with Gasteiger partial charge in [0, 0.05) is 16.2 Å². The average molecular weight is 358 g/mol. The number of benzene rings is 3. The van der Waals surface area contributed by atoms with Gasteiger partial charge in [0.25, 0.3) is 0 Å². The minimum Gasteiger partial charge on any atom is -0.462 e. The first-order valence-electron chi connectivity index (χ1n) is 7.86. The van der Waals surface area contributed by atoms with Gasteiger partial charge in [0.2, 0.25) is 0 Å². The predicted molar refractivity (Wildman–Crippen MR) is 95.8 cm³/mol. The summed E-state index contributed by atoms with van der Waals surface area (Å²) in [5.74, 6) is -2.49. The van der Waals surface area contributed by atoms with Crippen LogP contribution in [0.1, 0.15) is 22.8 Å². The number of rotatable bonds is 5. The number of carbonyl (C=O) groups excluding carboxylic acids is 1. The normalized spacial score (nSPS) is 10.8. The minimum absolute atomic E-state index is 0.0244. The van der Waals surface area contributed by atoms with Crippen LogP contribution in [0.5, 0.6) is 0 Å². The first-order valence-corrected chi connectivity index (χ1v) is 8.85. The van der Waals surface area contributed by atoms with Gasteiger partial charge in [0.05, 0.1) is 12.2 Å². The molecule has 0 fully saturated rings. The molecule has 0 unspecified atom stereocenters. The molecule has 0 atom stereocenters. The summed E-state index contributed by atoms with van der Waals surface area (Å²) in [6.07, 6.45) is 0. The molecular formula is C20H16F2O2S. The molecule has 2 nitrogen and oxygen atoms in total. The van der Waals surface area contributed by atoms with E-state index in [1.54, 1.807) is 6.92 Å². The third-order valence-electron chi connectivity index (χ3n) is 3.81. The van der Waals surface area contributed by atoms with Gasteiger partial charge in [0.1, 0.15) is 0 Å². The minimum atomic E-state index is -1.00. The lowest BCUT2D eigenvalue weighted by Crippen LogP contribution is -2.10. The molecule has 0 N–H and O–H groups in total. The summed E-state index contributed by atoms with van der Waals surface area (Å²) in [5, 5.41) is 2.10. The molecule has 128 valence electrons. The standard InChI is InChI=1S/C20H16F2O2S/c1-2-24-20(23)15-10-11-17(21)19(22)16(15)12-25-18-9-5-7-13-6-3-4-8-14(13)18/h3-11H,2,12H2,1H3. The molecule has 0 radical (unpaired) electrons. The van der Waals surface area contributed by atoms with Crippen molar-refractivity contribution in [3.63, 3.8) is 0 Å². The highest BCUT2D eigenvalue weighted by Gasteiger charge is 2.20. The predicted octanol–water partition coefficient (Wildman–Crippen LogP) is 5.59. The Balaban J connectivity index is 1.94. The largest absolute Gasteiger partial charge is 0.462 e. The van der Waals surface area contributed by atoms with Crippen LogP contribution in [0.25, 0.3) is 10.8 Å². The fourth-order valence-electron chi connectivity index (χ4n) is 2.61. The summed E-state index contributed by atoms with van der Waals surface area (Å²) in [7, 11) is 0. The second kappa shape index (κ2) is 7.66. The topological polar surface area (TPSA) is 26.3 Å². The lowest BCUT2D eigenvalue weighted by atomic mass is 10.1. The van der Waals surface area contributed by atoms with Crippen molar-refractivity contribution in [1.82, 2.24) is 0 Å². The molecule has 0 spiro atoms. The van der Waals surface area contributed by atoms with Gasteiger partial charge < -0.3 is 4.74 Å². The van der Waals surface area contributed by atoms with E-state index in [4.69, 9.17) is 4.74 Å². The monoisotopic (exact) mass is 358 g/mol. The molecule has 0 amide bonds. The Bertz CT molecular complexity index is 919. The maximum absolute atomic E-state index is 14.3. The van der Waals surface area contributed by atoms with E-state index in [1.165, 1.54) is 17.8 Å². The van der Waals surface area contributed by atoms with E-state index in [0.29, 0.717) is 0 Å². The number of halogens is 2. The van der Waals surface area contributed by atoms with Crippen molar-refractivity contribution in [2.24, 2.45) is 0 Å². The SMILES string of the molecule is CCOC(=O)c1ccc(F)c(F)c1CSc1cccc2ccccc12. The van der Waals surface area contributed by atoms with Crippen molar-refractivity contribution < 1.29 is 18.3 Å². The molecule has 0 aromatic heterocycles. The summed E-state index contributed by atoms with van der Waals surface area (Å²) in [5.41, 5.74) is 0.0878. The fourth-order valence-corrected chi connectivity index (χ4v) is 3.70. The van der Waals surface area contributed by atoms with Gasteiger partial charge in [-0.1, -0.05) is 36.4 Å². The first-order chi connectivity index (χ1) is 12.1. The number of hydrogen-bond acceptors (Lipinski definition) is 3. The van der Waals surface area contributed by atoms with Crippen LogP contribution in [0.15, 0.2) is 59.5 Å². The maximum atomic E-state index is 14.3. The van der Waals surface area contributed by atoms with Gasteiger partial charge in [-0.25, -0.2) is 13.6 Å². The molecule has 0 aliphatic heterocycles. The van der Waals surface area contributed by atoms with Crippen LogP contribution >= 0.6 is 11.8 Å². The highest BCUT2D eigenvalue weighted by Crippen LogP contribution is 2.32. The number of fused-ring (bicyclic) bond motifs is 1. The third kappa shape index (κ3) is 3.66. The van der Waals surface area contributed by atoms with Crippen molar-refractivity contribution >= 4 is 28.5 Å². The van der Waals surface area contributed by atoms with E-state index in [-0.39, 0.29) is 23.5 Å². The quantitative estimate of drug-likeness (QED) is 0.439. The second-order valence-electron chi connectivity index (χ2n) is 5.37. The van der Waals surface area contributed by atoms with Crippen LogP contribution in [0.2, 0.25) is 0 Å². The van der Waals surface area contributed by atoms with E-state index in [1.807, 2.05) is 42.5 Å². The zero-order valence-corrected chi connectivity index (χ0v) is 14.4. The smallest absolute Gasteiger partial charge is 0.338 e. The molecular weight excluding hydrogens is 342 g/mol. The first kappa shape index (κ1) is 17.4. The lowest BCUT2D eigenvalue weighted by Gasteiger charge is -2.11. The zero-order chi connectivity index (χ0) is 17.8. The maximum Gasteiger partial charge on any atom is 0.338 e. The molecule has 25 heavy (non-hydrogen) atoms. The molecule has 0 saturated heterocycles. The molecule has 0 bridgehead atoms. The Morgan fingerprint density at radius 2 is 1.80 bits per heavy atom. The number of hydrogen-bond donors (Lipinski definition) is 0. The van der Waals surface area contributed by atoms with Gasteiger partial charge in [-0.3, -0.25) is 0 Å². The van der Waals surface area contributed by atoms with Gasteiger partial charge >= 0.3 is 5.97 Å².